The first-order chi connectivity index (χ1) is 4.33. The van der Waals surface area contributed by atoms with Gasteiger partial charge in [-0.2, -0.15) is 0 Å². The van der Waals surface area contributed by atoms with Gasteiger partial charge in [0.25, 0.3) is 0 Å². The number of hydrogen-bond acceptors (Lipinski definition) is 3. The molecule has 0 aliphatic carbocycles. The van der Waals surface area contributed by atoms with Crippen molar-refractivity contribution in [1.82, 2.24) is 9.97 Å². The molecule has 0 fully saturated rings. The van der Waals surface area contributed by atoms with E-state index in [1.165, 1.54) is 0 Å². The maximum atomic E-state index is 4.75. The van der Waals surface area contributed by atoms with Gasteiger partial charge in [0.05, 0.1) is 0 Å². The van der Waals surface area contributed by atoms with E-state index in [0.717, 1.165) is 5.82 Å². The molecule has 0 saturated carbocycles. The lowest BCUT2D eigenvalue weighted by atomic mass is 10.6. The van der Waals surface area contributed by atoms with Gasteiger partial charge in [-0.3, -0.25) is 0 Å². The van der Waals surface area contributed by atoms with Crippen LogP contribution in [0, 0.1) is 4.77 Å². The summed E-state index contributed by atoms with van der Waals surface area (Å²) in [6, 6.07) is 1.79. The van der Waals surface area contributed by atoms with Crippen molar-refractivity contribution in [3.8, 4) is 0 Å². The standard InChI is InChI=1S/C4H6N3PS/c8-7-3-1-2-5-4(9)6-3/h1-2H,8H2,(H2,5,6,7,9). The van der Waals surface area contributed by atoms with E-state index in [4.69, 9.17) is 12.2 Å². The van der Waals surface area contributed by atoms with E-state index >= 15 is 0 Å². The average Bonchev–Trinajstić information content (AvgIpc) is 1.88. The summed E-state index contributed by atoms with van der Waals surface area (Å²) in [5.74, 6) is 0.847. The highest BCUT2D eigenvalue weighted by atomic mass is 32.1. The van der Waals surface area contributed by atoms with Gasteiger partial charge in [0.1, 0.15) is 5.82 Å². The smallest absolute Gasteiger partial charge is 0.198 e. The number of hydrogen-bond donors (Lipinski definition) is 2. The molecule has 0 radical (unpaired) electrons. The van der Waals surface area contributed by atoms with Crippen molar-refractivity contribution >= 4 is 27.4 Å². The van der Waals surface area contributed by atoms with Gasteiger partial charge in [-0.25, -0.2) is 4.98 Å². The summed E-state index contributed by atoms with van der Waals surface area (Å²) < 4.78 is 0.488. The molecule has 0 saturated heterocycles. The monoisotopic (exact) mass is 159 g/mol. The van der Waals surface area contributed by atoms with Crippen molar-refractivity contribution < 1.29 is 0 Å². The lowest BCUT2D eigenvalue weighted by Crippen LogP contribution is -1.85. The van der Waals surface area contributed by atoms with Crippen LogP contribution in [0.25, 0.3) is 0 Å². The molecular formula is C4H6N3PS. The van der Waals surface area contributed by atoms with Gasteiger partial charge in [-0.15, -0.1) is 0 Å². The number of aromatic nitrogens is 2. The lowest BCUT2D eigenvalue weighted by Gasteiger charge is -1.95. The second kappa shape index (κ2) is 2.90. The molecule has 1 unspecified atom stereocenters. The number of anilines is 1. The summed E-state index contributed by atoms with van der Waals surface area (Å²) in [4.78, 5) is 6.63. The first-order valence-corrected chi connectivity index (χ1v) is 3.33. The molecule has 2 N–H and O–H groups in total. The van der Waals surface area contributed by atoms with Crippen LogP contribution in [-0.4, -0.2) is 9.97 Å². The minimum absolute atomic E-state index is 0.488. The van der Waals surface area contributed by atoms with Crippen LogP contribution in [0.5, 0.6) is 0 Å². The van der Waals surface area contributed by atoms with Crippen molar-refractivity contribution in [3.05, 3.63) is 17.0 Å². The van der Waals surface area contributed by atoms with Crippen LogP contribution in [0.15, 0.2) is 12.3 Å². The Kier molecular flexibility index (Phi) is 2.14. The molecule has 9 heavy (non-hydrogen) atoms. The molecular weight excluding hydrogens is 153 g/mol. The number of aromatic amines is 1. The zero-order valence-electron chi connectivity index (χ0n) is 4.59. The molecule has 0 spiro atoms. The molecule has 1 atom stereocenters. The summed E-state index contributed by atoms with van der Waals surface area (Å²) in [5.41, 5.74) is 0. The number of nitrogens with one attached hydrogen (secondary N) is 2. The van der Waals surface area contributed by atoms with E-state index in [-0.39, 0.29) is 0 Å². The highest BCUT2D eigenvalue weighted by molar-refractivity contribution is 7.71. The van der Waals surface area contributed by atoms with E-state index in [9.17, 15) is 0 Å². The molecule has 3 nitrogen and oxygen atoms in total. The molecule has 0 amide bonds. The first-order valence-electron chi connectivity index (χ1n) is 2.35. The van der Waals surface area contributed by atoms with Gasteiger partial charge in [0.15, 0.2) is 4.77 Å². The molecule has 0 aliphatic rings. The Bertz CT molecular complexity index is 246. The van der Waals surface area contributed by atoms with E-state index in [1.807, 2.05) is 0 Å². The second-order valence-electron chi connectivity index (χ2n) is 1.43. The lowest BCUT2D eigenvalue weighted by molar-refractivity contribution is 1.14. The van der Waals surface area contributed by atoms with E-state index < -0.39 is 0 Å². The zero-order chi connectivity index (χ0) is 6.69. The summed E-state index contributed by atoms with van der Waals surface area (Å²) in [6.07, 6.45) is 1.64. The highest BCUT2D eigenvalue weighted by Gasteiger charge is 1.82. The highest BCUT2D eigenvalue weighted by Crippen LogP contribution is 2.00. The largest absolute Gasteiger partial charge is 0.356 e. The predicted molar refractivity (Wildman–Crippen MR) is 42.8 cm³/mol. The zero-order valence-corrected chi connectivity index (χ0v) is 6.56. The number of rotatable bonds is 1. The number of nitrogens with zero attached hydrogens (tertiary/aromatic N) is 1. The minimum atomic E-state index is 0.488. The Morgan fingerprint density at radius 2 is 2.56 bits per heavy atom. The Morgan fingerprint density at radius 3 is 3.00 bits per heavy atom. The van der Waals surface area contributed by atoms with E-state index in [0.29, 0.717) is 4.77 Å². The van der Waals surface area contributed by atoms with Gasteiger partial charge >= 0.3 is 0 Å². The fraction of sp³-hybridized carbons (Fsp3) is 0. The molecule has 0 aliphatic heterocycles. The fourth-order valence-corrected chi connectivity index (χ4v) is 0.792. The van der Waals surface area contributed by atoms with Gasteiger partial charge in [-0.05, 0) is 27.7 Å². The van der Waals surface area contributed by atoms with E-state index in [2.05, 4.69) is 24.4 Å². The molecule has 1 aromatic heterocycles. The first kappa shape index (κ1) is 6.65. The van der Waals surface area contributed by atoms with Gasteiger partial charge in [0, 0.05) is 6.20 Å². The molecule has 0 aromatic carbocycles. The number of H-pyrrole nitrogens is 1. The quantitative estimate of drug-likeness (QED) is 0.480. The van der Waals surface area contributed by atoms with E-state index in [1.54, 1.807) is 12.3 Å². The maximum absolute atomic E-state index is 4.75. The summed E-state index contributed by atoms with van der Waals surface area (Å²) in [6.45, 7) is 0. The Labute approximate surface area is 60.2 Å². The molecule has 1 heterocycles. The summed E-state index contributed by atoms with van der Waals surface area (Å²) in [5, 5.41) is 2.82. The molecule has 1 aromatic rings. The Hall–Kier alpha value is -0.470. The Morgan fingerprint density at radius 1 is 1.78 bits per heavy atom. The van der Waals surface area contributed by atoms with Gasteiger partial charge < -0.3 is 10.1 Å². The van der Waals surface area contributed by atoms with Crippen molar-refractivity contribution in [2.75, 3.05) is 5.09 Å². The van der Waals surface area contributed by atoms with Crippen molar-refractivity contribution in [1.29, 1.82) is 0 Å². The third-order valence-corrected chi connectivity index (χ3v) is 1.35. The average molecular weight is 159 g/mol. The van der Waals surface area contributed by atoms with Crippen molar-refractivity contribution in [2.24, 2.45) is 0 Å². The fourth-order valence-electron chi connectivity index (χ4n) is 0.453. The van der Waals surface area contributed by atoms with Crippen LogP contribution in [-0.2, 0) is 0 Å². The third kappa shape index (κ3) is 1.73. The maximum Gasteiger partial charge on any atom is 0.198 e. The van der Waals surface area contributed by atoms with Crippen LogP contribution in [0.2, 0.25) is 0 Å². The van der Waals surface area contributed by atoms with Crippen LogP contribution < -0.4 is 5.09 Å². The molecule has 0 bridgehead atoms. The van der Waals surface area contributed by atoms with Crippen molar-refractivity contribution in [3.63, 3.8) is 0 Å². The summed E-state index contributed by atoms with van der Waals surface area (Å²) >= 11 is 4.75. The van der Waals surface area contributed by atoms with Crippen LogP contribution >= 0.6 is 21.6 Å². The minimum Gasteiger partial charge on any atom is -0.356 e. The summed E-state index contributed by atoms with van der Waals surface area (Å²) in [7, 11) is 2.36. The van der Waals surface area contributed by atoms with Gasteiger partial charge in [0.2, 0.25) is 0 Å². The second-order valence-corrected chi connectivity index (χ2v) is 2.11. The Balaban J connectivity index is 3.08. The van der Waals surface area contributed by atoms with Crippen molar-refractivity contribution in [2.45, 2.75) is 0 Å². The normalized spacial score (nSPS) is 9.00. The SMILES string of the molecule is PNc1ccnc(=S)[nH]1. The molecule has 5 heteroatoms. The van der Waals surface area contributed by atoms with Crippen LogP contribution in [0.4, 0.5) is 5.82 Å². The molecule has 1 rings (SSSR count). The third-order valence-electron chi connectivity index (χ3n) is 0.830. The van der Waals surface area contributed by atoms with Crippen LogP contribution in [0.3, 0.4) is 0 Å². The van der Waals surface area contributed by atoms with Gasteiger partial charge in [-0.1, -0.05) is 0 Å². The topological polar surface area (TPSA) is 40.7 Å². The molecule has 48 valence electrons. The van der Waals surface area contributed by atoms with Crippen LogP contribution in [0.1, 0.15) is 0 Å². The predicted octanol–water partition coefficient (Wildman–Crippen LogP) is 1.34.